The van der Waals surface area contributed by atoms with Crippen LogP contribution in [0.15, 0.2) is 29.9 Å². The average Bonchev–Trinajstić information content (AvgIpc) is 2.82. The molecule has 0 aliphatic rings. The van der Waals surface area contributed by atoms with Gasteiger partial charge in [-0.25, -0.2) is 9.97 Å². The molecule has 0 aromatic carbocycles. The highest BCUT2D eigenvalue weighted by atomic mass is 32.1. The molecule has 2 heterocycles. The molecule has 96 valence electrons. The van der Waals surface area contributed by atoms with Crippen molar-refractivity contribution in [3.63, 3.8) is 0 Å². The van der Waals surface area contributed by atoms with Crippen molar-refractivity contribution in [1.29, 1.82) is 0 Å². The maximum Gasteiger partial charge on any atom is 0.125 e. The summed E-state index contributed by atoms with van der Waals surface area (Å²) in [5, 5.41) is 6.48. The second kappa shape index (κ2) is 5.48. The third-order valence-corrected chi connectivity index (χ3v) is 3.60. The topological polar surface area (TPSA) is 37.8 Å². The van der Waals surface area contributed by atoms with Crippen molar-refractivity contribution in [3.8, 4) is 0 Å². The van der Waals surface area contributed by atoms with Crippen LogP contribution in [0.1, 0.15) is 31.3 Å². The van der Waals surface area contributed by atoms with Crippen LogP contribution in [0.5, 0.6) is 0 Å². The fraction of sp³-hybridized carbons (Fsp3) is 0.429. The van der Waals surface area contributed by atoms with Gasteiger partial charge >= 0.3 is 0 Å². The quantitative estimate of drug-likeness (QED) is 0.915. The van der Waals surface area contributed by atoms with Crippen LogP contribution < -0.4 is 5.32 Å². The minimum absolute atomic E-state index is 0.159. The Kier molecular flexibility index (Phi) is 3.97. The molecule has 4 heteroatoms. The number of rotatable bonds is 4. The highest BCUT2D eigenvalue weighted by Crippen LogP contribution is 2.21. The maximum atomic E-state index is 4.44. The molecule has 0 spiro atoms. The molecule has 0 bridgehead atoms. The van der Waals surface area contributed by atoms with Crippen molar-refractivity contribution in [3.05, 3.63) is 40.5 Å². The van der Waals surface area contributed by atoms with E-state index >= 15 is 0 Å². The number of hydrogen-bond donors (Lipinski definition) is 1. The molecule has 2 aromatic rings. The first-order valence-corrected chi connectivity index (χ1v) is 7.02. The molecule has 0 saturated heterocycles. The second-order valence-corrected chi connectivity index (χ2v) is 6.26. The zero-order chi connectivity index (χ0) is 13.0. The van der Waals surface area contributed by atoms with E-state index < -0.39 is 0 Å². The number of anilines is 1. The molecule has 2 rings (SSSR count). The lowest BCUT2D eigenvalue weighted by Gasteiger charge is -2.18. The summed E-state index contributed by atoms with van der Waals surface area (Å²) in [5.41, 5.74) is 1.42. The molecule has 0 aliphatic carbocycles. The van der Waals surface area contributed by atoms with Crippen LogP contribution in [0.3, 0.4) is 0 Å². The van der Waals surface area contributed by atoms with Gasteiger partial charge in [-0.3, -0.25) is 0 Å². The Bertz CT molecular complexity index is 469. The normalized spacial score (nSPS) is 11.5. The van der Waals surface area contributed by atoms with Crippen LogP contribution in [0, 0.1) is 0 Å². The van der Waals surface area contributed by atoms with E-state index in [1.165, 1.54) is 5.56 Å². The van der Waals surface area contributed by atoms with Crippen LogP contribution >= 0.6 is 11.3 Å². The van der Waals surface area contributed by atoms with Crippen LogP contribution in [0.25, 0.3) is 0 Å². The van der Waals surface area contributed by atoms with E-state index in [2.05, 4.69) is 42.1 Å². The minimum atomic E-state index is 0.159. The summed E-state index contributed by atoms with van der Waals surface area (Å²) in [6.45, 7) is 7.45. The van der Waals surface area contributed by atoms with Gasteiger partial charge in [-0.05, 0) is 17.0 Å². The van der Waals surface area contributed by atoms with Crippen molar-refractivity contribution in [2.45, 2.75) is 32.6 Å². The van der Waals surface area contributed by atoms with Crippen LogP contribution in [-0.4, -0.2) is 16.5 Å². The maximum absolute atomic E-state index is 4.44. The van der Waals surface area contributed by atoms with Gasteiger partial charge in [-0.15, -0.1) is 11.3 Å². The first kappa shape index (κ1) is 13.0. The van der Waals surface area contributed by atoms with Gasteiger partial charge in [-0.2, -0.15) is 0 Å². The standard InChI is InChI=1S/C14H19N3S/c1-14(2,3)11-4-5-12(17-10-11)15-7-6-13-16-8-9-18-13/h4-5,8-10H,6-7H2,1-3H3,(H,15,17). The summed E-state index contributed by atoms with van der Waals surface area (Å²) >= 11 is 1.69. The molecule has 1 N–H and O–H groups in total. The van der Waals surface area contributed by atoms with Crippen LogP contribution in [-0.2, 0) is 11.8 Å². The Balaban J connectivity index is 1.87. The number of aromatic nitrogens is 2. The number of pyridine rings is 1. The lowest BCUT2D eigenvalue weighted by molar-refractivity contribution is 0.587. The van der Waals surface area contributed by atoms with E-state index in [1.54, 1.807) is 11.3 Å². The van der Waals surface area contributed by atoms with Gasteiger partial charge < -0.3 is 5.32 Å². The van der Waals surface area contributed by atoms with E-state index in [1.807, 2.05) is 23.8 Å². The summed E-state index contributed by atoms with van der Waals surface area (Å²) in [5.74, 6) is 0.930. The number of thiazole rings is 1. The van der Waals surface area contributed by atoms with Gasteiger partial charge in [0.15, 0.2) is 0 Å². The molecule has 0 aliphatic heterocycles. The largest absolute Gasteiger partial charge is 0.370 e. The van der Waals surface area contributed by atoms with Gasteiger partial charge in [-0.1, -0.05) is 26.8 Å². The molecular weight excluding hydrogens is 242 g/mol. The fourth-order valence-electron chi connectivity index (χ4n) is 1.62. The van der Waals surface area contributed by atoms with Crippen molar-refractivity contribution < 1.29 is 0 Å². The predicted octanol–water partition coefficient (Wildman–Crippen LogP) is 3.49. The van der Waals surface area contributed by atoms with E-state index in [0.29, 0.717) is 0 Å². The number of hydrogen-bond acceptors (Lipinski definition) is 4. The highest BCUT2D eigenvalue weighted by Gasteiger charge is 2.13. The Morgan fingerprint density at radius 3 is 2.61 bits per heavy atom. The molecular formula is C14H19N3S. The first-order valence-electron chi connectivity index (χ1n) is 6.14. The zero-order valence-corrected chi connectivity index (χ0v) is 11.9. The Labute approximate surface area is 112 Å². The molecule has 0 amide bonds. The van der Waals surface area contributed by atoms with Crippen molar-refractivity contribution >= 4 is 17.2 Å². The predicted molar refractivity (Wildman–Crippen MR) is 77.2 cm³/mol. The second-order valence-electron chi connectivity index (χ2n) is 5.28. The monoisotopic (exact) mass is 261 g/mol. The molecule has 2 aromatic heterocycles. The van der Waals surface area contributed by atoms with Crippen LogP contribution in [0.4, 0.5) is 5.82 Å². The lowest BCUT2D eigenvalue weighted by atomic mass is 9.88. The summed E-state index contributed by atoms with van der Waals surface area (Å²) in [6, 6.07) is 4.18. The molecule has 0 fully saturated rings. The lowest BCUT2D eigenvalue weighted by Crippen LogP contribution is -2.12. The number of nitrogens with one attached hydrogen (secondary N) is 1. The van der Waals surface area contributed by atoms with Crippen molar-refractivity contribution in [1.82, 2.24) is 9.97 Å². The molecule has 0 radical (unpaired) electrons. The minimum Gasteiger partial charge on any atom is -0.370 e. The smallest absolute Gasteiger partial charge is 0.125 e. The summed E-state index contributed by atoms with van der Waals surface area (Å²) < 4.78 is 0. The Morgan fingerprint density at radius 2 is 2.06 bits per heavy atom. The van der Waals surface area contributed by atoms with E-state index in [-0.39, 0.29) is 5.41 Å². The van der Waals surface area contributed by atoms with Gasteiger partial charge in [0.1, 0.15) is 5.82 Å². The van der Waals surface area contributed by atoms with Crippen LogP contribution in [0.2, 0.25) is 0 Å². The van der Waals surface area contributed by atoms with Crippen molar-refractivity contribution in [2.24, 2.45) is 0 Å². The summed E-state index contributed by atoms with van der Waals surface area (Å²) in [6.07, 6.45) is 4.74. The average molecular weight is 261 g/mol. The van der Waals surface area contributed by atoms with E-state index in [0.717, 1.165) is 23.8 Å². The van der Waals surface area contributed by atoms with E-state index in [4.69, 9.17) is 0 Å². The molecule has 0 unspecified atom stereocenters. The third kappa shape index (κ3) is 3.53. The Morgan fingerprint density at radius 1 is 1.22 bits per heavy atom. The summed E-state index contributed by atoms with van der Waals surface area (Å²) in [7, 11) is 0. The van der Waals surface area contributed by atoms with Gasteiger partial charge in [0, 0.05) is 30.7 Å². The van der Waals surface area contributed by atoms with Gasteiger partial charge in [0.2, 0.25) is 0 Å². The highest BCUT2D eigenvalue weighted by molar-refractivity contribution is 7.09. The van der Waals surface area contributed by atoms with Gasteiger partial charge in [0.05, 0.1) is 5.01 Å². The van der Waals surface area contributed by atoms with Gasteiger partial charge in [0.25, 0.3) is 0 Å². The molecule has 0 saturated carbocycles. The molecule has 0 atom stereocenters. The molecule has 3 nitrogen and oxygen atoms in total. The first-order chi connectivity index (χ1) is 8.55. The Hall–Kier alpha value is -1.42. The number of nitrogens with zero attached hydrogens (tertiary/aromatic N) is 2. The summed E-state index contributed by atoms with van der Waals surface area (Å²) in [4.78, 5) is 8.69. The molecule has 18 heavy (non-hydrogen) atoms. The zero-order valence-electron chi connectivity index (χ0n) is 11.1. The third-order valence-electron chi connectivity index (χ3n) is 2.76. The fourth-order valence-corrected chi connectivity index (χ4v) is 2.24. The SMILES string of the molecule is CC(C)(C)c1ccc(NCCc2nccs2)nc1. The van der Waals surface area contributed by atoms with Crippen molar-refractivity contribution in [2.75, 3.05) is 11.9 Å². The van der Waals surface area contributed by atoms with E-state index in [9.17, 15) is 0 Å².